The van der Waals surface area contributed by atoms with Crippen molar-refractivity contribution in [1.82, 2.24) is 4.90 Å². The van der Waals surface area contributed by atoms with Crippen LogP contribution >= 0.6 is 0 Å². The quantitative estimate of drug-likeness (QED) is 0.693. The number of methoxy groups -OCH3 is 2. The average Bonchev–Trinajstić information content (AvgIpc) is 2.72. The summed E-state index contributed by atoms with van der Waals surface area (Å²) < 4.78 is 10.5. The number of hydrogen-bond donors (Lipinski definition) is 0. The summed E-state index contributed by atoms with van der Waals surface area (Å²) in [5, 5.41) is 0. The molecule has 26 heavy (non-hydrogen) atoms. The molecule has 1 fully saturated rings. The minimum absolute atomic E-state index is 0.866. The summed E-state index contributed by atoms with van der Waals surface area (Å²) in [4.78, 5) is 2.61. The molecule has 3 heteroatoms. The molecule has 0 radical (unpaired) electrons. The molecule has 2 aromatic carbocycles. The lowest BCUT2D eigenvalue weighted by Gasteiger charge is -2.32. The summed E-state index contributed by atoms with van der Waals surface area (Å²) in [6.07, 6.45) is 6.24. The van der Waals surface area contributed by atoms with Gasteiger partial charge in [-0.05, 0) is 86.5 Å². The normalized spacial score (nSPS) is 15.8. The largest absolute Gasteiger partial charge is 0.497 e. The SMILES string of the molecule is COc1ccc(CCC2CCN(CCc3cccc(OC)c3)CC2)cc1. The maximum atomic E-state index is 5.32. The van der Waals surface area contributed by atoms with Gasteiger partial charge in [0.1, 0.15) is 11.5 Å². The number of benzene rings is 2. The molecule has 1 aliphatic rings. The Balaban J connectivity index is 1.37. The molecule has 1 saturated heterocycles. The average molecular weight is 354 g/mol. The second-order valence-corrected chi connectivity index (χ2v) is 7.27. The van der Waals surface area contributed by atoms with Crippen molar-refractivity contribution in [3.8, 4) is 11.5 Å². The highest BCUT2D eigenvalue weighted by Gasteiger charge is 2.18. The first-order chi connectivity index (χ1) is 12.8. The van der Waals surface area contributed by atoms with E-state index in [4.69, 9.17) is 9.47 Å². The zero-order chi connectivity index (χ0) is 18.2. The minimum Gasteiger partial charge on any atom is -0.497 e. The summed E-state index contributed by atoms with van der Waals surface area (Å²) in [5.41, 5.74) is 2.79. The van der Waals surface area contributed by atoms with Crippen molar-refractivity contribution in [2.45, 2.75) is 32.1 Å². The van der Waals surface area contributed by atoms with E-state index in [1.807, 2.05) is 6.07 Å². The van der Waals surface area contributed by atoms with E-state index < -0.39 is 0 Å². The van der Waals surface area contributed by atoms with Gasteiger partial charge in [-0.25, -0.2) is 0 Å². The fourth-order valence-electron chi connectivity index (χ4n) is 3.78. The van der Waals surface area contributed by atoms with Crippen LogP contribution in [0.5, 0.6) is 11.5 Å². The number of piperidine rings is 1. The van der Waals surface area contributed by atoms with E-state index in [1.165, 1.54) is 49.9 Å². The molecule has 2 aromatic rings. The molecular weight excluding hydrogens is 322 g/mol. The summed E-state index contributed by atoms with van der Waals surface area (Å²) in [6.45, 7) is 3.62. The van der Waals surface area contributed by atoms with E-state index in [9.17, 15) is 0 Å². The van der Waals surface area contributed by atoms with Gasteiger partial charge in [0.25, 0.3) is 0 Å². The van der Waals surface area contributed by atoms with E-state index in [2.05, 4.69) is 47.4 Å². The Bertz CT molecular complexity index is 660. The second kappa shape index (κ2) is 9.63. The van der Waals surface area contributed by atoms with Crippen LogP contribution in [0.2, 0.25) is 0 Å². The van der Waals surface area contributed by atoms with Crippen molar-refractivity contribution in [1.29, 1.82) is 0 Å². The van der Waals surface area contributed by atoms with Gasteiger partial charge in [0.2, 0.25) is 0 Å². The first-order valence-corrected chi connectivity index (χ1v) is 9.75. The van der Waals surface area contributed by atoms with Gasteiger partial charge in [-0.15, -0.1) is 0 Å². The molecule has 0 spiro atoms. The van der Waals surface area contributed by atoms with Crippen molar-refractivity contribution < 1.29 is 9.47 Å². The smallest absolute Gasteiger partial charge is 0.119 e. The van der Waals surface area contributed by atoms with Crippen LogP contribution in [-0.2, 0) is 12.8 Å². The van der Waals surface area contributed by atoms with Crippen molar-refractivity contribution in [2.75, 3.05) is 33.9 Å². The second-order valence-electron chi connectivity index (χ2n) is 7.27. The molecule has 1 heterocycles. The van der Waals surface area contributed by atoms with Gasteiger partial charge in [-0.1, -0.05) is 24.3 Å². The van der Waals surface area contributed by atoms with Crippen LogP contribution in [0.25, 0.3) is 0 Å². The molecular formula is C23H31NO2. The molecule has 0 unspecified atom stereocenters. The molecule has 0 atom stereocenters. The van der Waals surface area contributed by atoms with E-state index >= 15 is 0 Å². The zero-order valence-corrected chi connectivity index (χ0v) is 16.1. The Kier molecular flexibility index (Phi) is 6.96. The Hall–Kier alpha value is -2.00. The Morgan fingerprint density at radius 1 is 0.846 bits per heavy atom. The van der Waals surface area contributed by atoms with E-state index in [0.717, 1.165) is 30.4 Å². The summed E-state index contributed by atoms with van der Waals surface area (Å²) in [5.74, 6) is 2.77. The highest BCUT2D eigenvalue weighted by Crippen LogP contribution is 2.23. The number of rotatable bonds is 8. The molecule has 3 rings (SSSR count). The lowest BCUT2D eigenvalue weighted by molar-refractivity contribution is 0.181. The van der Waals surface area contributed by atoms with Crippen molar-refractivity contribution in [3.05, 3.63) is 59.7 Å². The van der Waals surface area contributed by atoms with Gasteiger partial charge in [0, 0.05) is 6.54 Å². The van der Waals surface area contributed by atoms with E-state index in [0.29, 0.717) is 0 Å². The molecule has 0 aliphatic carbocycles. The first kappa shape index (κ1) is 18.8. The molecule has 0 bridgehead atoms. The van der Waals surface area contributed by atoms with Gasteiger partial charge in [-0.2, -0.15) is 0 Å². The molecule has 0 amide bonds. The van der Waals surface area contributed by atoms with E-state index in [1.54, 1.807) is 14.2 Å². The standard InChI is InChI=1S/C23H31NO2/c1-25-22-10-8-19(9-11-22)6-7-20-12-15-24(16-13-20)17-14-21-4-3-5-23(18-21)26-2/h3-5,8-11,18,20H,6-7,12-17H2,1-2H3. The van der Waals surface area contributed by atoms with Crippen LogP contribution < -0.4 is 9.47 Å². The lowest BCUT2D eigenvalue weighted by Crippen LogP contribution is -2.35. The molecule has 1 aliphatic heterocycles. The number of ether oxygens (including phenoxy) is 2. The molecule has 140 valence electrons. The highest BCUT2D eigenvalue weighted by molar-refractivity contribution is 5.28. The summed E-state index contributed by atoms with van der Waals surface area (Å²) >= 11 is 0. The number of nitrogens with zero attached hydrogens (tertiary/aromatic N) is 1. The van der Waals surface area contributed by atoms with Gasteiger partial charge in [0.05, 0.1) is 14.2 Å². The summed E-state index contributed by atoms with van der Waals surface area (Å²) in [6, 6.07) is 17.0. The van der Waals surface area contributed by atoms with E-state index in [-0.39, 0.29) is 0 Å². The van der Waals surface area contributed by atoms with Crippen LogP contribution in [0, 0.1) is 5.92 Å². The Morgan fingerprint density at radius 3 is 2.27 bits per heavy atom. The number of aryl methyl sites for hydroxylation is 1. The Morgan fingerprint density at radius 2 is 1.58 bits per heavy atom. The zero-order valence-electron chi connectivity index (χ0n) is 16.1. The van der Waals surface area contributed by atoms with Crippen LogP contribution in [0.15, 0.2) is 48.5 Å². The third-order valence-electron chi connectivity index (χ3n) is 5.56. The van der Waals surface area contributed by atoms with Crippen LogP contribution in [0.4, 0.5) is 0 Å². The number of hydrogen-bond acceptors (Lipinski definition) is 3. The van der Waals surface area contributed by atoms with Gasteiger partial charge >= 0.3 is 0 Å². The van der Waals surface area contributed by atoms with Gasteiger partial charge in [-0.3, -0.25) is 0 Å². The van der Waals surface area contributed by atoms with Gasteiger partial charge < -0.3 is 14.4 Å². The van der Waals surface area contributed by atoms with Crippen molar-refractivity contribution in [3.63, 3.8) is 0 Å². The minimum atomic E-state index is 0.866. The third kappa shape index (κ3) is 5.50. The van der Waals surface area contributed by atoms with Gasteiger partial charge in [0.15, 0.2) is 0 Å². The van der Waals surface area contributed by atoms with Crippen LogP contribution in [0.1, 0.15) is 30.4 Å². The first-order valence-electron chi connectivity index (χ1n) is 9.75. The lowest BCUT2D eigenvalue weighted by atomic mass is 9.90. The van der Waals surface area contributed by atoms with Crippen LogP contribution in [-0.4, -0.2) is 38.8 Å². The Labute approximate surface area is 157 Å². The number of likely N-dealkylation sites (tertiary alicyclic amines) is 1. The fraction of sp³-hybridized carbons (Fsp3) is 0.478. The van der Waals surface area contributed by atoms with Crippen LogP contribution in [0.3, 0.4) is 0 Å². The maximum Gasteiger partial charge on any atom is 0.119 e. The van der Waals surface area contributed by atoms with Crippen molar-refractivity contribution in [2.24, 2.45) is 5.92 Å². The fourth-order valence-corrected chi connectivity index (χ4v) is 3.78. The topological polar surface area (TPSA) is 21.7 Å². The monoisotopic (exact) mass is 353 g/mol. The molecule has 0 saturated carbocycles. The molecule has 0 N–H and O–H groups in total. The summed E-state index contributed by atoms with van der Waals surface area (Å²) in [7, 11) is 3.45. The maximum absolute atomic E-state index is 5.32. The van der Waals surface area contributed by atoms with Crippen molar-refractivity contribution >= 4 is 0 Å². The molecule has 0 aromatic heterocycles. The third-order valence-corrected chi connectivity index (χ3v) is 5.56. The molecule has 3 nitrogen and oxygen atoms in total. The highest BCUT2D eigenvalue weighted by atomic mass is 16.5. The predicted molar refractivity (Wildman–Crippen MR) is 107 cm³/mol. The predicted octanol–water partition coefficient (Wildman–Crippen LogP) is 4.59.